The first kappa shape index (κ1) is 24.4. The molecule has 5 saturated carbocycles. The van der Waals surface area contributed by atoms with Crippen molar-refractivity contribution in [3.63, 3.8) is 0 Å². The Balaban J connectivity index is 1.45. The number of hydrogen-bond donors (Lipinski definition) is 0. The molecule has 0 saturated heterocycles. The standard InChI is InChI=1S/C32H54O/c1-22(10-8-21-33)23-13-18-29(4)24(23)14-19-31(6)26(29)11-12-27-30(5)17-9-16-28(2,3)25(30)15-20-32(27,31)7/h21-27H,8-20H2,1-7H3/t22-,23+,24-,25-,26+,27+,29-,30-,31+,32+/m0/s1. The first-order chi connectivity index (χ1) is 15.4. The largest absolute Gasteiger partial charge is 0.303 e. The van der Waals surface area contributed by atoms with Crippen molar-refractivity contribution in [2.45, 2.75) is 132 Å². The van der Waals surface area contributed by atoms with Gasteiger partial charge in [0.05, 0.1) is 0 Å². The molecular weight excluding hydrogens is 400 g/mol. The van der Waals surface area contributed by atoms with Crippen molar-refractivity contribution < 1.29 is 4.79 Å². The van der Waals surface area contributed by atoms with Gasteiger partial charge in [0, 0.05) is 6.42 Å². The third kappa shape index (κ3) is 3.18. The maximum atomic E-state index is 11.0. The predicted molar refractivity (Wildman–Crippen MR) is 139 cm³/mol. The first-order valence-electron chi connectivity index (χ1n) is 14.9. The Hall–Kier alpha value is -0.330. The molecule has 0 aromatic rings. The van der Waals surface area contributed by atoms with Crippen LogP contribution in [0.4, 0.5) is 0 Å². The summed E-state index contributed by atoms with van der Waals surface area (Å²) < 4.78 is 0. The van der Waals surface area contributed by atoms with Crippen LogP contribution in [0.2, 0.25) is 0 Å². The van der Waals surface area contributed by atoms with E-state index < -0.39 is 0 Å². The second-order valence-electron chi connectivity index (χ2n) is 15.5. The molecule has 0 radical (unpaired) electrons. The van der Waals surface area contributed by atoms with Crippen molar-refractivity contribution in [3.05, 3.63) is 0 Å². The van der Waals surface area contributed by atoms with Crippen LogP contribution in [0.5, 0.6) is 0 Å². The first-order valence-corrected chi connectivity index (χ1v) is 14.9. The summed E-state index contributed by atoms with van der Waals surface area (Å²) in [6.07, 6.45) is 19.1. The highest BCUT2D eigenvalue weighted by Crippen LogP contribution is 2.78. The van der Waals surface area contributed by atoms with Crippen LogP contribution in [0.15, 0.2) is 0 Å². The van der Waals surface area contributed by atoms with Crippen LogP contribution < -0.4 is 0 Å². The van der Waals surface area contributed by atoms with Crippen molar-refractivity contribution in [3.8, 4) is 0 Å². The third-order valence-electron chi connectivity index (χ3n) is 14.2. The fourth-order valence-corrected chi connectivity index (χ4v) is 12.6. The molecule has 5 fully saturated rings. The van der Waals surface area contributed by atoms with E-state index in [0.717, 1.165) is 54.6 Å². The highest BCUT2D eigenvalue weighted by Gasteiger charge is 2.70. The summed E-state index contributed by atoms with van der Waals surface area (Å²) in [6, 6.07) is 0. The zero-order chi connectivity index (χ0) is 23.9. The fraction of sp³-hybridized carbons (Fsp3) is 0.969. The number of aldehydes is 1. The molecule has 10 atom stereocenters. The van der Waals surface area contributed by atoms with Crippen LogP contribution >= 0.6 is 0 Å². The van der Waals surface area contributed by atoms with Gasteiger partial charge in [-0.3, -0.25) is 0 Å². The molecule has 1 heteroatoms. The molecule has 0 amide bonds. The van der Waals surface area contributed by atoms with Gasteiger partial charge >= 0.3 is 0 Å². The molecule has 1 nitrogen and oxygen atoms in total. The lowest BCUT2D eigenvalue weighted by atomic mass is 9.32. The molecular formula is C32H54O. The van der Waals surface area contributed by atoms with Gasteiger partial charge < -0.3 is 4.79 Å². The highest BCUT2D eigenvalue weighted by atomic mass is 16.1. The van der Waals surface area contributed by atoms with E-state index in [1.807, 2.05) is 0 Å². The number of carbonyl (C=O) groups is 1. The second kappa shape index (κ2) is 7.83. The summed E-state index contributed by atoms with van der Waals surface area (Å²) in [5.41, 5.74) is 2.65. The van der Waals surface area contributed by atoms with E-state index >= 15 is 0 Å². The minimum absolute atomic E-state index is 0.512. The number of carbonyl (C=O) groups excluding carboxylic acids is 1. The maximum Gasteiger partial charge on any atom is 0.120 e. The molecule has 0 aromatic carbocycles. The molecule has 0 spiro atoms. The van der Waals surface area contributed by atoms with Crippen LogP contribution in [0, 0.1) is 62.6 Å². The Labute approximate surface area is 205 Å². The quantitative estimate of drug-likeness (QED) is 0.387. The Kier molecular flexibility index (Phi) is 5.78. The average Bonchev–Trinajstić information content (AvgIpc) is 3.09. The normalized spacial score (nSPS) is 53.8. The molecule has 5 aliphatic carbocycles. The van der Waals surface area contributed by atoms with Crippen LogP contribution in [-0.2, 0) is 4.79 Å². The molecule has 0 N–H and O–H groups in total. The molecule has 0 bridgehead atoms. The summed E-state index contributed by atoms with van der Waals surface area (Å²) in [4.78, 5) is 11.0. The highest BCUT2D eigenvalue weighted by molar-refractivity contribution is 5.49. The summed E-state index contributed by atoms with van der Waals surface area (Å²) in [5, 5.41) is 0. The molecule has 0 aromatic heterocycles. The summed E-state index contributed by atoms with van der Waals surface area (Å²) in [5.74, 6) is 5.24. The Morgan fingerprint density at radius 2 is 1.36 bits per heavy atom. The molecule has 5 aliphatic rings. The third-order valence-corrected chi connectivity index (χ3v) is 14.2. The minimum atomic E-state index is 0.512. The van der Waals surface area contributed by atoms with Crippen LogP contribution in [0.25, 0.3) is 0 Å². The number of fused-ring (bicyclic) bond motifs is 7. The molecule has 5 rings (SSSR count). The van der Waals surface area contributed by atoms with Crippen molar-refractivity contribution in [2.24, 2.45) is 62.6 Å². The number of rotatable bonds is 4. The van der Waals surface area contributed by atoms with Crippen LogP contribution in [0.1, 0.15) is 132 Å². The monoisotopic (exact) mass is 454 g/mol. The molecule has 0 aliphatic heterocycles. The van der Waals surface area contributed by atoms with Gasteiger partial charge in [0.15, 0.2) is 0 Å². The molecule has 0 unspecified atom stereocenters. The zero-order valence-corrected chi connectivity index (χ0v) is 23.1. The SMILES string of the molecule is C[C@@H](CCC=O)[C@H]1CC[C@]2(C)[C@H]3CC[C@@H]4[C@@]5(C)CCCC(C)(C)[C@@H]5CC[C@@]4(C)[C@]3(C)CC[C@@H]12. The van der Waals surface area contributed by atoms with E-state index in [4.69, 9.17) is 0 Å². The van der Waals surface area contributed by atoms with Gasteiger partial charge in [-0.1, -0.05) is 54.9 Å². The second-order valence-corrected chi connectivity index (χ2v) is 15.5. The lowest BCUT2D eigenvalue weighted by Crippen LogP contribution is -2.65. The summed E-state index contributed by atoms with van der Waals surface area (Å²) >= 11 is 0. The Bertz CT molecular complexity index is 768. The van der Waals surface area contributed by atoms with Crippen LogP contribution in [-0.4, -0.2) is 6.29 Å². The van der Waals surface area contributed by atoms with E-state index in [-0.39, 0.29) is 0 Å². The van der Waals surface area contributed by atoms with Gasteiger partial charge in [-0.15, -0.1) is 0 Å². The lowest BCUT2D eigenvalue weighted by Gasteiger charge is -2.73. The van der Waals surface area contributed by atoms with E-state index in [2.05, 4.69) is 48.5 Å². The van der Waals surface area contributed by atoms with Crippen molar-refractivity contribution >= 4 is 6.29 Å². The molecule has 33 heavy (non-hydrogen) atoms. The van der Waals surface area contributed by atoms with Crippen molar-refractivity contribution in [1.29, 1.82) is 0 Å². The van der Waals surface area contributed by atoms with E-state index in [0.29, 0.717) is 27.1 Å². The van der Waals surface area contributed by atoms with Gasteiger partial charge in [0.1, 0.15) is 6.29 Å². The summed E-state index contributed by atoms with van der Waals surface area (Å²) in [6.45, 7) is 18.7. The van der Waals surface area contributed by atoms with Gasteiger partial charge in [0.25, 0.3) is 0 Å². The van der Waals surface area contributed by atoms with E-state index in [1.54, 1.807) is 0 Å². The minimum Gasteiger partial charge on any atom is -0.303 e. The predicted octanol–water partition coefficient (Wildman–Crippen LogP) is 9.09. The molecule has 188 valence electrons. The van der Waals surface area contributed by atoms with Gasteiger partial charge in [-0.05, 0) is 133 Å². The topological polar surface area (TPSA) is 17.1 Å². The summed E-state index contributed by atoms with van der Waals surface area (Å²) in [7, 11) is 0. The zero-order valence-electron chi connectivity index (χ0n) is 23.1. The Morgan fingerprint density at radius 1 is 0.727 bits per heavy atom. The van der Waals surface area contributed by atoms with E-state index in [1.165, 1.54) is 70.6 Å². The van der Waals surface area contributed by atoms with Crippen molar-refractivity contribution in [2.75, 3.05) is 0 Å². The number of hydrogen-bond acceptors (Lipinski definition) is 1. The van der Waals surface area contributed by atoms with E-state index in [9.17, 15) is 4.79 Å². The maximum absolute atomic E-state index is 11.0. The average molecular weight is 455 g/mol. The van der Waals surface area contributed by atoms with Gasteiger partial charge in [-0.2, -0.15) is 0 Å². The lowest BCUT2D eigenvalue weighted by molar-refractivity contribution is -0.241. The Morgan fingerprint density at radius 3 is 2.03 bits per heavy atom. The van der Waals surface area contributed by atoms with Gasteiger partial charge in [-0.25, -0.2) is 0 Å². The fourth-order valence-electron chi connectivity index (χ4n) is 12.6. The smallest absolute Gasteiger partial charge is 0.120 e. The van der Waals surface area contributed by atoms with Gasteiger partial charge in [0.2, 0.25) is 0 Å². The van der Waals surface area contributed by atoms with Crippen LogP contribution in [0.3, 0.4) is 0 Å². The van der Waals surface area contributed by atoms with Crippen molar-refractivity contribution in [1.82, 2.24) is 0 Å². The molecule has 0 heterocycles.